The van der Waals surface area contributed by atoms with Gasteiger partial charge in [-0.1, -0.05) is 5.92 Å². The van der Waals surface area contributed by atoms with E-state index in [1.807, 2.05) is 13.8 Å². The molecular formula is C14H12F2N2. The highest BCUT2D eigenvalue weighted by molar-refractivity contribution is 5.70. The van der Waals surface area contributed by atoms with E-state index in [9.17, 15) is 8.78 Å². The molecular weight excluding hydrogens is 234 g/mol. The number of terminal acetylenes is 1. The van der Waals surface area contributed by atoms with Crippen molar-refractivity contribution in [1.82, 2.24) is 9.78 Å². The van der Waals surface area contributed by atoms with Crippen molar-refractivity contribution in [2.45, 2.75) is 19.9 Å². The largest absolute Gasteiger partial charge is 0.270 e. The third kappa shape index (κ3) is 2.12. The molecule has 0 bridgehead atoms. The van der Waals surface area contributed by atoms with Crippen LogP contribution in [0.15, 0.2) is 24.5 Å². The van der Waals surface area contributed by atoms with Gasteiger partial charge in [-0.15, -0.1) is 6.42 Å². The molecule has 4 heteroatoms. The monoisotopic (exact) mass is 246 g/mol. The Morgan fingerprint density at radius 3 is 2.50 bits per heavy atom. The normalized spacial score (nSPS) is 10.7. The third-order valence-corrected chi connectivity index (χ3v) is 2.66. The first-order chi connectivity index (χ1) is 8.52. The molecule has 18 heavy (non-hydrogen) atoms. The van der Waals surface area contributed by atoms with Crippen molar-refractivity contribution < 1.29 is 8.78 Å². The lowest BCUT2D eigenvalue weighted by Crippen LogP contribution is -1.99. The van der Waals surface area contributed by atoms with Crippen molar-refractivity contribution in [1.29, 1.82) is 0 Å². The van der Waals surface area contributed by atoms with Crippen LogP contribution in [-0.2, 0) is 0 Å². The molecule has 0 spiro atoms. The molecule has 1 heterocycles. The van der Waals surface area contributed by atoms with Gasteiger partial charge in [0.25, 0.3) is 0 Å². The average molecular weight is 246 g/mol. The Morgan fingerprint density at radius 1 is 1.28 bits per heavy atom. The molecule has 0 aliphatic carbocycles. The third-order valence-electron chi connectivity index (χ3n) is 2.66. The molecule has 0 N–H and O–H groups in total. The Bertz CT molecular complexity index is 621. The number of hydrogen-bond donors (Lipinski definition) is 0. The number of hydrogen-bond acceptors (Lipinski definition) is 1. The number of aromatic nitrogens is 2. The lowest BCUT2D eigenvalue weighted by atomic mass is 10.0. The molecule has 0 aliphatic heterocycles. The molecule has 0 amide bonds. The smallest absolute Gasteiger partial charge is 0.160 e. The van der Waals surface area contributed by atoms with Crippen LogP contribution in [-0.4, -0.2) is 9.78 Å². The average Bonchev–Trinajstić information content (AvgIpc) is 2.81. The van der Waals surface area contributed by atoms with Gasteiger partial charge >= 0.3 is 0 Å². The topological polar surface area (TPSA) is 17.8 Å². The molecule has 1 aromatic carbocycles. The zero-order chi connectivity index (χ0) is 13.3. The van der Waals surface area contributed by atoms with Crippen molar-refractivity contribution >= 4 is 0 Å². The first kappa shape index (κ1) is 12.3. The predicted octanol–water partition coefficient (Wildman–Crippen LogP) is 3.39. The molecule has 2 nitrogen and oxygen atoms in total. The Labute approximate surface area is 104 Å². The van der Waals surface area contributed by atoms with Gasteiger partial charge in [0, 0.05) is 28.9 Å². The molecule has 0 aliphatic rings. The molecule has 1 aromatic heterocycles. The van der Waals surface area contributed by atoms with Gasteiger partial charge in [0.1, 0.15) is 0 Å². The van der Waals surface area contributed by atoms with Gasteiger partial charge in [0.15, 0.2) is 11.6 Å². The molecule has 0 radical (unpaired) electrons. The standard InChI is InChI=1S/C14H12F2N2/c1-4-10-5-13(15)14(16)6-12(10)11-7-17-18(8-11)9(2)3/h1,5-9H,2-3H3. The minimum absolute atomic E-state index is 0.193. The van der Waals surface area contributed by atoms with Crippen LogP contribution in [0.3, 0.4) is 0 Å². The van der Waals surface area contributed by atoms with Crippen LogP contribution in [0.25, 0.3) is 11.1 Å². The van der Waals surface area contributed by atoms with Gasteiger partial charge in [0.2, 0.25) is 0 Å². The number of benzene rings is 1. The summed E-state index contributed by atoms with van der Waals surface area (Å²) in [4.78, 5) is 0. The van der Waals surface area contributed by atoms with Gasteiger partial charge in [-0.3, -0.25) is 4.68 Å². The Morgan fingerprint density at radius 2 is 1.94 bits per heavy atom. The van der Waals surface area contributed by atoms with Crippen molar-refractivity contribution in [2.24, 2.45) is 0 Å². The second-order valence-electron chi connectivity index (χ2n) is 4.26. The molecule has 0 atom stereocenters. The summed E-state index contributed by atoms with van der Waals surface area (Å²) in [6.45, 7) is 3.95. The van der Waals surface area contributed by atoms with Crippen molar-refractivity contribution in [3.05, 3.63) is 41.7 Å². The van der Waals surface area contributed by atoms with Crippen LogP contribution in [0.5, 0.6) is 0 Å². The summed E-state index contributed by atoms with van der Waals surface area (Å²) in [5, 5.41) is 4.15. The first-order valence-corrected chi connectivity index (χ1v) is 5.53. The maximum Gasteiger partial charge on any atom is 0.160 e. The van der Waals surface area contributed by atoms with Gasteiger partial charge in [-0.05, 0) is 26.0 Å². The SMILES string of the molecule is C#Cc1cc(F)c(F)cc1-c1cnn(C(C)C)c1. The van der Waals surface area contributed by atoms with Gasteiger partial charge in [-0.25, -0.2) is 8.78 Å². The van der Waals surface area contributed by atoms with Gasteiger partial charge < -0.3 is 0 Å². The molecule has 0 saturated carbocycles. The lowest BCUT2D eigenvalue weighted by molar-refractivity contribution is 0.509. The van der Waals surface area contributed by atoms with Gasteiger partial charge in [-0.2, -0.15) is 5.10 Å². The molecule has 2 aromatic rings. The van der Waals surface area contributed by atoms with E-state index in [4.69, 9.17) is 6.42 Å². The van der Waals surface area contributed by atoms with Crippen LogP contribution < -0.4 is 0 Å². The molecule has 0 unspecified atom stereocenters. The minimum atomic E-state index is -0.942. The van der Waals surface area contributed by atoms with Crippen molar-refractivity contribution in [3.8, 4) is 23.5 Å². The van der Waals surface area contributed by atoms with E-state index in [2.05, 4.69) is 11.0 Å². The highest BCUT2D eigenvalue weighted by Crippen LogP contribution is 2.26. The maximum absolute atomic E-state index is 13.3. The minimum Gasteiger partial charge on any atom is -0.270 e. The lowest BCUT2D eigenvalue weighted by Gasteiger charge is -2.05. The van der Waals surface area contributed by atoms with Crippen LogP contribution in [0.2, 0.25) is 0 Å². The fraction of sp³-hybridized carbons (Fsp3) is 0.214. The fourth-order valence-corrected chi connectivity index (χ4v) is 1.66. The molecule has 0 saturated heterocycles. The summed E-state index contributed by atoms with van der Waals surface area (Å²) in [6.07, 6.45) is 8.66. The quantitative estimate of drug-likeness (QED) is 0.743. The fourth-order valence-electron chi connectivity index (χ4n) is 1.66. The van der Waals surface area contributed by atoms with E-state index in [1.54, 1.807) is 17.1 Å². The number of halogens is 2. The highest BCUT2D eigenvalue weighted by Gasteiger charge is 2.12. The second-order valence-corrected chi connectivity index (χ2v) is 4.26. The van der Waals surface area contributed by atoms with E-state index in [0.717, 1.165) is 12.1 Å². The van der Waals surface area contributed by atoms with Crippen LogP contribution in [0.4, 0.5) is 8.78 Å². The van der Waals surface area contributed by atoms with Gasteiger partial charge in [0.05, 0.1) is 6.20 Å². The summed E-state index contributed by atoms with van der Waals surface area (Å²) in [6, 6.07) is 2.32. The Balaban J connectivity index is 2.56. The van der Waals surface area contributed by atoms with Crippen LogP contribution in [0.1, 0.15) is 25.5 Å². The Kier molecular flexibility index (Phi) is 3.15. The van der Waals surface area contributed by atoms with E-state index in [0.29, 0.717) is 16.7 Å². The molecule has 92 valence electrons. The van der Waals surface area contributed by atoms with Crippen molar-refractivity contribution in [3.63, 3.8) is 0 Å². The van der Waals surface area contributed by atoms with E-state index in [1.165, 1.54) is 0 Å². The number of rotatable bonds is 2. The first-order valence-electron chi connectivity index (χ1n) is 5.53. The summed E-state index contributed by atoms with van der Waals surface area (Å²) in [5.74, 6) is 0.500. The Hall–Kier alpha value is -2.15. The highest BCUT2D eigenvalue weighted by atomic mass is 19.2. The van der Waals surface area contributed by atoms with E-state index < -0.39 is 11.6 Å². The van der Waals surface area contributed by atoms with E-state index in [-0.39, 0.29) is 6.04 Å². The zero-order valence-electron chi connectivity index (χ0n) is 10.1. The summed E-state index contributed by atoms with van der Waals surface area (Å²) in [7, 11) is 0. The predicted molar refractivity (Wildman–Crippen MR) is 65.9 cm³/mol. The number of nitrogens with zero attached hydrogens (tertiary/aromatic N) is 2. The zero-order valence-corrected chi connectivity index (χ0v) is 10.1. The van der Waals surface area contributed by atoms with Crippen LogP contribution >= 0.6 is 0 Å². The second kappa shape index (κ2) is 4.61. The summed E-state index contributed by atoms with van der Waals surface area (Å²) in [5.41, 5.74) is 1.47. The summed E-state index contributed by atoms with van der Waals surface area (Å²) >= 11 is 0. The van der Waals surface area contributed by atoms with E-state index >= 15 is 0 Å². The summed E-state index contributed by atoms with van der Waals surface area (Å²) < 4.78 is 28.1. The van der Waals surface area contributed by atoms with Crippen molar-refractivity contribution in [2.75, 3.05) is 0 Å². The molecule has 0 fully saturated rings. The molecule has 2 rings (SSSR count). The maximum atomic E-state index is 13.3. The van der Waals surface area contributed by atoms with Crippen LogP contribution in [0, 0.1) is 24.0 Å².